The van der Waals surface area contributed by atoms with Gasteiger partial charge in [-0.15, -0.1) is 0 Å². The van der Waals surface area contributed by atoms with Crippen LogP contribution in [0.3, 0.4) is 0 Å². The highest BCUT2D eigenvalue weighted by molar-refractivity contribution is 6.30. The largest absolute Gasteiger partial charge is 0.487 e. The van der Waals surface area contributed by atoms with Crippen LogP contribution in [0, 0.1) is 5.92 Å². The third kappa shape index (κ3) is 3.12. The van der Waals surface area contributed by atoms with Crippen molar-refractivity contribution in [2.75, 3.05) is 7.05 Å². The number of nitrogens with one attached hydrogen (secondary N) is 1. The number of halogens is 1. The average molecular weight is 296 g/mol. The van der Waals surface area contributed by atoms with Gasteiger partial charge in [0.25, 0.3) is 0 Å². The van der Waals surface area contributed by atoms with Crippen molar-refractivity contribution in [2.24, 2.45) is 5.92 Å². The number of hydrogen-bond donors (Lipinski definition) is 1. The van der Waals surface area contributed by atoms with Crippen LogP contribution in [0.2, 0.25) is 5.02 Å². The summed E-state index contributed by atoms with van der Waals surface area (Å²) >= 11 is 6.13. The molecule has 3 atom stereocenters. The molecule has 3 unspecified atom stereocenters. The molecule has 1 aliphatic heterocycles. The molecule has 0 saturated heterocycles. The van der Waals surface area contributed by atoms with E-state index in [-0.39, 0.29) is 5.60 Å². The molecule has 1 aromatic rings. The molecule has 1 aliphatic rings. The number of rotatable bonds is 5. The van der Waals surface area contributed by atoms with Gasteiger partial charge in [-0.25, -0.2) is 0 Å². The van der Waals surface area contributed by atoms with E-state index in [2.05, 4.69) is 26.1 Å². The first kappa shape index (κ1) is 15.7. The molecule has 0 spiro atoms. The predicted octanol–water partition coefficient (Wildman–Crippen LogP) is 4.97. The maximum Gasteiger partial charge on any atom is 0.125 e. The van der Waals surface area contributed by atoms with Crippen molar-refractivity contribution in [3.8, 4) is 5.75 Å². The monoisotopic (exact) mass is 295 g/mol. The number of benzene rings is 1. The summed E-state index contributed by atoms with van der Waals surface area (Å²) in [5, 5.41) is 4.21. The molecule has 0 amide bonds. The Morgan fingerprint density at radius 1 is 1.45 bits per heavy atom. The molecule has 0 aliphatic carbocycles. The van der Waals surface area contributed by atoms with Crippen molar-refractivity contribution in [3.05, 3.63) is 28.8 Å². The molecule has 0 radical (unpaired) electrons. The Hall–Kier alpha value is -0.730. The summed E-state index contributed by atoms with van der Waals surface area (Å²) in [5.41, 5.74) is 1.14. The van der Waals surface area contributed by atoms with E-state index in [0.717, 1.165) is 30.0 Å². The summed E-state index contributed by atoms with van der Waals surface area (Å²) in [5.74, 6) is 1.67. The van der Waals surface area contributed by atoms with E-state index < -0.39 is 0 Å². The van der Waals surface area contributed by atoms with Crippen LogP contribution in [0.1, 0.15) is 58.1 Å². The second-order valence-corrected chi connectivity index (χ2v) is 6.52. The van der Waals surface area contributed by atoms with Gasteiger partial charge in [0.15, 0.2) is 0 Å². The van der Waals surface area contributed by atoms with Crippen LogP contribution in [0.5, 0.6) is 5.75 Å². The number of fused-ring (bicyclic) bond motifs is 1. The van der Waals surface area contributed by atoms with E-state index in [4.69, 9.17) is 16.3 Å². The zero-order valence-corrected chi connectivity index (χ0v) is 13.8. The Labute approximate surface area is 127 Å². The lowest BCUT2D eigenvalue weighted by Gasteiger charge is -2.43. The Morgan fingerprint density at radius 2 is 2.20 bits per heavy atom. The standard InChI is InChI=1S/C17H26ClNO/c1-5-12(3)10-17(6-2)11-15(19-4)14-9-13(18)7-8-16(14)20-17/h7-9,12,15,19H,5-6,10-11H2,1-4H3. The Kier molecular flexibility index (Phi) is 4.98. The van der Waals surface area contributed by atoms with Crippen LogP contribution in [-0.2, 0) is 0 Å². The van der Waals surface area contributed by atoms with Gasteiger partial charge in [0.2, 0.25) is 0 Å². The molecular formula is C17H26ClNO. The molecule has 1 heterocycles. The van der Waals surface area contributed by atoms with Gasteiger partial charge >= 0.3 is 0 Å². The Morgan fingerprint density at radius 3 is 2.80 bits per heavy atom. The van der Waals surface area contributed by atoms with Gasteiger partial charge in [-0.2, -0.15) is 0 Å². The van der Waals surface area contributed by atoms with Gasteiger partial charge in [0, 0.05) is 23.0 Å². The van der Waals surface area contributed by atoms with Crippen LogP contribution in [0.25, 0.3) is 0 Å². The average Bonchev–Trinajstić information content (AvgIpc) is 2.46. The quantitative estimate of drug-likeness (QED) is 0.828. The van der Waals surface area contributed by atoms with Gasteiger partial charge in [-0.05, 0) is 44.0 Å². The van der Waals surface area contributed by atoms with E-state index >= 15 is 0 Å². The van der Waals surface area contributed by atoms with E-state index in [1.54, 1.807) is 0 Å². The van der Waals surface area contributed by atoms with E-state index in [9.17, 15) is 0 Å². The normalized spacial score (nSPS) is 26.8. The SMILES string of the molecule is CCC(C)CC1(CC)CC(NC)c2cc(Cl)ccc2O1. The van der Waals surface area contributed by atoms with Crippen molar-refractivity contribution in [1.29, 1.82) is 0 Å². The Bertz CT molecular complexity index is 462. The fourth-order valence-electron chi connectivity index (χ4n) is 3.16. The van der Waals surface area contributed by atoms with Gasteiger partial charge in [-0.1, -0.05) is 38.8 Å². The second-order valence-electron chi connectivity index (χ2n) is 6.08. The van der Waals surface area contributed by atoms with Gasteiger partial charge in [0.05, 0.1) is 0 Å². The summed E-state index contributed by atoms with van der Waals surface area (Å²) < 4.78 is 6.43. The van der Waals surface area contributed by atoms with Crippen LogP contribution in [0.15, 0.2) is 18.2 Å². The maximum absolute atomic E-state index is 6.43. The van der Waals surface area contributed by atoms with E-state index in [1.807, 2.05) is 25.2 Å². The van der Waals surface area contributed by atoms with Crippen LogP contribution in [0.4, 0.5) is 0 Å². The molecule has 1 aromatic carbocycles. The molecule has 2 rings (SSSR count). The third-order valence-electron chi connectivity index (χ3n) is 4.66. The van der Waals surface area contributed by atoms with Crippen molar-refractivity contribution in [1.82, 2.24) is 5.32 Å². The summed E-state index contributed by atoms with van der Waals surface area (Å²) in [4.78, 5) is 0. The first-order valence-electron chi connectivity index (χ1n) is 7.69. The summed E-state index contributed by atoms with van der Waals surface area (Å²) in [6.07, 6.45) is 4.36. The van der Waals surface area contributed by atoms with E-state index in [1.165, 1.54) is 12.0 Å². The van der Waals surface area contributed by atoms with Crippen molar-refractivity contribution in [3.63, 3.8) is 0 Å². The summed E-state index contributed by atoms with van der Waals surface area (Å²) in [7, 11) is 2.02. The number of hydrogen-bond acceptors (Lipinski definition) is 2. The zero-order chi connectivity index (χ0) is 14.8. The molecule has 0 aromatic heterocycles. The zero-order valence-electron chi connectivity index (χ0n) is 13.0. The minimum Gasteiger partial charge on any atom is -0.487 e. The highest BCUT2D eigenvalue weighted by Crippen LogP contribution is 2.44. The van der Waals surface area contributed by atoms with Crippen molar-refractivity contribution in [2.45, 2.75) is 58.1 Å². The molecule has 0 fully saturated rings. The first-order valence-corrected chi connectivity index (χ1v) is 8.07. The summed E-state index contributed by atoms with van der Waals surface area (Å²) in [6.45, 7) is 6.79. The lowest BCUT2D eigenvalue weighted by Crippen LogP contribution is -2.44. The van der Waals surface area contributed by atoms with E-state index in [0.29, 0.717) is 12.0 Å². The van der Waals surface area contributed by atoms with Crippen molar-refractivity contribution < 1.29 is 4.74 Å². The molecule has 0 bridgehead atoms. The lowest BCUT2D eigenvalue weighted by molar-refractivity contribution is 0.00656. The lowest BCUT2D eigenvalue weighted by atomic mass is 9.79. The predicted molar refractivity (Wildman–Crippen MR) is 85.6 cm³/mol. The topological polar surface area (TPSA) is 21.3 Å². The highest BCUT2D eigenvalue weighted by Gasteiger charge is 2.40. The maximum atomic E-state index is 6.43. The fourth-order valence-corrected chi connectivity index (χ4v) is 3.34. The molecular weight excluding hydrogens is 270 g/mol. The van der Waals surface area contributed by atoms with Gasteiger partial charge < -0.3 is 10.1 Å². The molecule has 2 nitrogen and oxygen atoms in total. The van der Waals surface area contributed by atoms with Gasteiger partial charge in [-0.3, -0.25) is 0 Å². The Balaban J connectivity index is 2.33. The van der Waals surface area contributed by atoms with Crippen LogP contribution in [-0.4, -0.2) is 12.6 Å². The second kappa shape index (κ2) is 6.36. The van der Waals surface area contributed by atoms with Crippen LogP contribution >= 0.6 is 11.6 Å². The molecule has 112 valence electrons. The van der Waals surface area contributed by atoms with Crippen molar-refractivity contribution >= 4 is 11.6 Å². The highest BCUT2D eigenvalue weighted by atomic mass is 35.5. The van der Waals surface area contributed by atoms with Gasteiger partial charge in [0.1, 0.15) is 11.4 Å². The van der Waals surface area contributed by atoms with Crippen LogP contribution < -0.4 is 10.1 Å². The fraction of sp³-hybridized carbons (Fsp3) is 0.647. The molecule has 0 saturated carbocycles. The first-order chi connectivity index (χ1) is 9.53. The third-order valence-corrected chi connectivity index (χ3v) is 4.90. The molecule has 3 heteroatoms. The summed E-state index contributed by atoms with van der Waals surface area (Å²) in [6, 6.07) is 6.28. The molecule has 1 N–H and O–H groups in total. The minimum atomic E-state index is -0.0517. The number of ether oxygens (including phenoxy) is 1. The smallest absolute Gasteiger partial charge is 0.125 e. The minimum absolute atomic E-state index is 0.0517. The molecule has 20 heavy (non-hydrogen) atoms.